The minimum atomic E-state index is 0.0486. The number of amides is 1. The predicted octanol–water partition coefficient (Wildman–Crippen LogP) is 3.56. The van der Waals surface area contributed by atoms with Crippen LogP contribution in [0.5, 0.6) is 0 Å². The Hall–Kier alpha value is -2.20. The van der Waals surface area contributed by atoms with E-state index in [0.29, 0.717) is 12.5 Å². The van der Waals surface area contributed by atoms with Crippen LogP contribution in [0.4, 0.5) is 5.69 Å². The van der Waals surface area contributed by atoms with Gasteiger partial charge in [-0.1, -0.05) is 37.3 Å². The van der Waals surface area contributed by atoms with Gasteiger partial charge in [0.2, 0.25) is 5.91 Å². The van der Waals surface area contributed by atoms with Gasteiger partial charge < -0.3 is 5.32 Å². The van der Waals surface area contributed by atoms with Crippen molar-refractivity contribution in [2.45, 2.75) is 26.7 Å². The Labute approximate surface area is 144 Å². The monoisotopic (exact) mass is 323 g/mol. The maximum Gasteiger partial charge on any atom is 0.238 e. The molecule has 0 fully saturated rings. The summed E-state index contributed by atoms with van der Waals surface area (Å²) in [6, 6.07) is 7.87. The molecule has 0 spiro atoms. The third-order valence-electron chi connectivity index (χ3n) is 4.68. The van der Waals surface area contributed by atoms with Crippen molar-refractivity contribution in [3.05, 3.63) is 53.8 Å². The standard InChI is InChI=1S/C20H25N3O/c1-15-6-3-4-8-18(15)22-19(24)14-23-12-9-17(10-13-23)20-16(2)7-5-11-21-20/h3-6,8-9,11,16H,7,10,12-14H2,1-2H3,(H,22,24). The zero-order chi connectivity index (χ0) is 16.9. The normalized spacial score (nSPS) is 21.2. The lowest BCUT2D eigenvalue weighted by Gasteiger charge is -2.28. The van der Waals surface area contributed by atoms with Crippen molar-refractivity contribution < 1.29 is 4.79 Å². The molecule has 3 rings (SSSR count). The molecule has 2 aliphatic heterocycles. The number of hydrogen-bond donors (Lipinski definition) is 1. The Kier molecular flexibility index (Phi) is 5.26. The van der Waals surface area contributed by atoms with E-state index in [0.717, 1.165) is 37.2 Å². The highest BCUT2D eigenvalue weighted by Gasteiger charge is 2.21. The van der Waals surface area contributed by atoms with Crippen molar-refractivity contribution in [3.63, 3.8) is 0 Å². The van der Waals surface area contributed by atoms with Crippen LogP contribution in [0.15, 0.2) is 53.2 Å². The van der Waals surface area contributed by atoms with Gasteiger partial charge in [-0.2, -0.15) is 0 Å². The number of hydrogen-bond acceptors (Lipinski definition) is 3. The lowest BCUT2D eigenvalue weighted by atomic mass is 9.90. The third kappa shape index (κ3) is 4.01. The van der Waals surface area contributed by atoms with Crippen LogP contribution in [0.1, 0.15) is 25.3 Å². The number of nitrogens with zero attached hydrogens (tertiary/aromatic N) is 2. The lowest BCUT2D eigenvalue weighted by Crippen LogP contribution is -2.37. The maximum atomic E-state index is 12.3. The number of carbonyl (C=O) groups excluding carboxylic acids is 1. The molecule has 24 heavy (non-hydrogen) atoms. The molecule has 1 N–H and O–H groups in total. The Morgan fingerprint density at radius 1 is 1.38 bits per heavy atom. The topological polar surface area (TPSA) is 44.7 Å². The van der Waals surface area contributed by atoms with Gasteiger partial charge in [-0.3, -0.25) is 14.7 Å². The molecule has 1 amide bonds. The highest BCUT2D eigenvalue weighted by molar-refractivity contribution is 6.02. The van der Waals surface area contributed by atoms with Crippen molar-refractivity contribution >= 4 is 17.3 Å². The Balaban J connectivity index is 1.55. The van der Waals surface area contributed by atoms with Crippen LogP contribution in [0, 0.1) is 12.8 Å². The average molecular weight is 323 g/mol. The Morgan fingerprint density at radius 2 is 2.21 bits per heavy atom. The average Bonchev–Trinajstić information content (AvgIpc) is 2.58. The van der Waals surface area contributed by atoms with Crippen molar-refractivity contribution in [3.8, 4) is 0 Å². The fourth-order valence-electron chi connectivity index (χ4n) is 3.23. The summed E-state index contributed by atoms with van der Waals surface area (Å²) in [5.41, 5.74) is 4.56. The number of nitrogens with one attached hydrogen (secondary N) is 1. The summed E-state index contributed by atoms with van der Waals surface area (Å²) in [5.74, 6) is 0.546. The van der Waals surface area contributed by atoms with Gasteiger partial charge in [0.15, 0.2) is 0 Å². The maximum absolute atomic E-state index is 12.3. The van der Waals surface area contributed by atoms with Crippen molar-refractivity contribution in [1.82, 2.24) is 4.90 Å². The molecular weight excluding hydrogens is 298 g/mol. The van der Waals surface area contributed by atoms with E-state index in [9.17, 15) is 4.79 Å². The first kappa shape index (κ1) is 16.7. The van der Waals surface area contributed by atoms with E-state index in [1.54, 1.807) is 0 Å². The SMILES string of the molecule is Cc1ccccc1NC(=O)CN1CC=C(C2=NC=CCC2C)CC1. The van der Waals surface area contributed by atoms with E-state index in [4.69, 9.17) is 0 Å². The summed E-state index contributed by atoms with van der Waals surface area (Å²) in [5, 5.41) is 3.00. The van der Waals surface area contributed by atoms with Crippen LogP contribution in [-0.2, 0) is 4.79 Å². The number of aryl methyl sites for hydroxylation is 1. The Morgan fingerprint density at radius 3 is 2.92 bits per heavy atom. The van der Waals surface area contributed by atoms with Gasteiger partial charge >= 0.3 is 0 Å². The number of para-hydroxylation sites is 1. The molecule has 0 aliphatic carbocycles. The zero-order valence-corrected chi connectivity index (χ0v) is 14.5. The second-order valence-corrected chi connectivity index (χ2v) is 6.61. The minimum Gasteiger partial charge on any atom is -0.325 e. The first-order chi connectivity index (χ1) is 11.6. The summed E-state index contributed by atoms with van der Waals surface area (Å²) in [7, 11) is 0. The van der Waals surface area contributed by atoms with Gasteiger partial charge in [-0.15, -0.1) is 0 Å². The molecule has 0 aromatic heterocycles. The third-order valence-corrected chi connectivity index (χ3v) is 4.68. The van der Waals surface area contributed by atoms with E-state index < -0.39 is 0 Å². The minimum absolute atomic E-state index is 0.0486. The zero-order valence-electron chi connectivity index (χ0n) is 14.5. The van der Waals surface area contributed by atoms with Gasteiger partial charge in [-0.25, -0.2) is 0 Å². The van der Waals surface area contributed by atoms with E-state index in [-0.39, 0.29) is 5.91 Å². The fraction of sp³-hybridized carbons (Fsp3) is 0.400. The van der Waals surface area contributed by atoms with Gasteiger partial charge in [0.05, 0.1) is 6.54 Å². The molecule has 1 atom stereocenters. The van der Waals surface area contributed by atoms with Crippen LogP contribution < -0.4 is 5.32 Å². The van der Waals surface area contributed by atoms with Crippen LogP contribution in [-0.4, -0.2) is 36.2 Å². The molecular formula is C20H25N3O. The van der Waals surface area contributed by atoms with Crippen LogP contribution >= 0.6 is 0 Å². The second kappa shape index (κ2) is 7.58. The molecule has 0 radical (unpaired) electrons. The van der Waals surface area contributed by atoms with E-state index in [2.05, 4.69) is 34.3 Å². The highest BCUT2D eigenvalue weighted by atomic mass is 16.2. The van der Waals surface area contributed by atoms with Gasteiger partial charge in [0, 0.05) is 36.6 Å². The van der Waals surface area contributed by atoms with Crippen LogP contribution in [0.3, 0.4) is 0 Å². The molecule has 1 aromatic rings. The summed E-state index contributed by atoms with van der Waals surface area (Å²) < 4.78 is 0. The fourth-order valence-corrected chi connectivity index (χ4v) is 3.23. The van der Waals surface area contributed by atoms with Crippen molar-refractivity contribution in [2.24, 2.45) is 10.9 Å². The molecule has 4 nitrogen and oxygen atoms in total. The number of allylic oxidation sites excluding steroid dienone is 1. The van der Waals surface area contributed by atoms with Crippen molar-refractivity contribution in [2.75, 3.05) is 25.0 Å². The number of aliphatic imine (C=N–C) groups is 1. The van der Waals surface area contributed by atoms with E-state index >= 15 is 0 Å². The van der Waals surface area contributed by atoms with Crippen LogP contribution in [0.25, 0.3) is 0 Å². The smallest absolute Gasteiger partial charge is 0.238 e. The molecule has 1 aromatic carbocycles. The van der Waals surface area contributed by atoms with Crippen molar-refractivity contribution in [1.29, 1.82) is 0 Å². The van der Waals surface area contributed by atoms with Gasteiger partial charge in [0.1, 0.15) is 0 Å². The molecule has 0 saturated heterocycles. The molecule has 1 unspecified atom stereocenters. The molecule has 126 valence electrons. The molecule has 2 aliphatic rings. The largest absolute Gasteiger partial charge is 0.325 e. The Bertz CT molecular complexity index is 703. The number of carbonyl (C=O) groups is 1. The van der Waals surface area contributed by atoms with Gasteiger partial charge in [-0.05, 0) is 37.0 Å². The molecule has 0 bridgehead atoms. The van der Waals surface area contributed by atoms with Crippen LogP contribution in [0.2, 0.25) is 0 Å². The van der Waals surface area contributed by atoms with Gasteiger partial charge in [0.25, 0.3) is 0 Å². The summed E-state index contributed by atoms with van der Waals surface area (Å²) >= 11 is 0. The number of anilines is 1. The van der Waals surface area contributed by atoms with E-state index in [1.807, 2.05) is 37.4 Å². The predicted molar refractivity (Wildman–Crippen MR) is 99.3 cm³/mol. The number of rotatable bonds is 4. The number of benzene rings is 1. The quantitative estimate of drug-likeness (QED) is 0.921. The second-order valence-electron chi connectivity index (χ2n) is 6.61. The van der Waals surface area contributed by atoms with E-state index in [1.165, 1.54) is 11.3 Å². The first-order valence-corrected chi connectivity index (χ1v) is 8.63. The summed E-state index contributed by atoms with van der Waals surface area (Å²) in [6.45, 7) is 6.38. The highest BCUT2D eigenvalue weighted by Crippen LogP contribution is 2.22. The summed E-state index contributed by atoms with van der Waals surface area (Å²) in [6.07, 6.45) is 8.31. The molecule has 2 heterocycles. The first-order valence-electron chi connectivity index (χ1n) is 8.63. The lowest BCUT2D eigenvalue weighted by molar-refractivity contribution is -0.117. The molecule has 0 saturated carbocycles. The molecule has 4 heteroatoms. The summed E-state index contributed by atoms with van der Waals surface area (Å²) in [4.78, 5) is 19.0.